The maximum atomic E-state index is 4.97. The van der Waals surface area contributed by atoms with Crippen LogP contribution in [0.2, 0.25) is 0 Å². The van der Waals surface area contributed by atoms with Gasteiger partial charge in [0.05, 0.1) is 12.0 Å². The fourth-order valence-corrected chi connectivity index (χ4v) is 1.27. The summed E-state index contributed by atoms with van der Waals surface area (Å²) in [4.78, 5) is 4.05. The standard InChI is InChI=1S/C10H19N3O/c1-13-9-12-8-10(13)7-11-5-3-4-6-14-2/h8-9,11H,3-7H2,1-2H3. The average Bonchev–Trinajstić information content (AvgIpc) is 2.58. The number of nitrogens with zero attached hydrogens (tertiary/aromatic N) is 2. The van der Waals surface area contributed by atoms with Gasteiger partial charge in [0, 0.05) is 33.5 Å². The number of hydrogen-bond donors (Lipinski definition) is 1. The van der Waals surface area contributed by atoms with Gasteiger partial charge in [-0.1, -0.05) is 0 Å². The third-order valence-corrected chi connectivity index (χ3v) is 2.17. The van der Waals surface area contributed by atoms with Crippen LogP contribution in [0.15, 0.2) is 12.5 Å². The first kappa shape index (κ1) is 11.2. The van der Waals surface area contributed by atoms with Crippen molar-refractivity contribution in [3.05, 3.63) is 18.2 Å². The molecule has 1 aromatic heterocycles. The molecule has 4 nitrogen and oxygen atoms in total. The first-order chi connectivity index (χ1) is 6.84. The Morgan fingerprint density at radius 2 is 2.36 bits per heavy atom. The lowest BCUT2D eigenvalue weighted by Gasteiger charge is -2.04. The zero-order chi connectivity index (χ0) is 10.2. The molecule has 14 heavy (non-hydrogen) atoms. The molecule has 0 spiro atoms. The summed E-state index contributed by atoms with van der Waals surface area (Å²) >= 11 is 0. The van der Waals surface area contributed by atoms with E-state index in [4.69, 9.17) is 4.74 Å². The van der Waals surface area contributed by atoms with E-state index in [1.165, 1.54) is 5.69 Å². The molecule has 1 heterocycles. The van der Waals surface area contributed by atoms with Gasteiger partial charge in [0.25, 0.3) is 0 Å². The van der Waals surface area contributed by atoms with Gasteiger partial charge >= 0.3 is 0 Å². The van der Waals surface area contributed by atoms with Gasteiger partial charge in [-0.15, -0.1) is 0 Å². The third-order valence-electron chi connectivity index (χ3n) is 2.17. The van der Waals surface area contributed by atoms with Crippen LogP contribution in [0.5, 0.6) is 0 Å². The maximum absolute atomic E-state index is 4.97. The van der Waals surface area contributed by atoms with Gasteiger partial charge < -0.3 is 14.6 Å². The Labute approximate surface area is 85.3 Å². The SMILES string of the molecule is COCCCCNCc1cncn1C. The zero-order valence-corrected chi connectivity index (χ0v) is 8.99. The summed E-state index contributed by atoms with van der Waals surface area (Å²) in [5.74, 6) is 0. The van der Waals surface area contributed by atoms with Crippen molar-refractivity contribution in [3.8, 4) is 0 Å². The van der Waals surface area contributed by atoms with E-state index in [0.29, 0.717) is 0 Å². The number of ether oxygens (including phenoxy) is 1. The number of hydrogen-bond acceptors (Lipinski definition) is 3. The summed E-state index contributed by atoms with van der Waals surface area (Å²) in [6.45, 7) is 2.78. The van der Waals surface area contributed by atoms with E-state index >= 15 is 0 Å². The van der Waals surface area contributed by atoms with Gasteiger partial charge in [-0.2, -0.15) is 0 Å². The molecule has 0 fully saturated rings. The van der Waals surface area contributed by atoms with Crippen LogP contribution in [0, 0.1) is 0 Å². The van der Waals surface area contributed by atoms with Gasteiger partial charge in [0.1, 0.15) is 0 Å². The highest BCUT2D eigenvalue weighted by atomic mass is 16.5. The van der Waals surface area contributed by atoms with Crippen LogP contribution in [0.3, 0.4) is 0 Å². The van der Waals surface area contributed by atoms with E-state index in [-0.39, 0.29) is 0 Å². The van der Waals surface area contributed by atoms with Crippen LogP contribution in [0.25, 0.3) is 0 Å². The van der Waals surface area contributed by atoms with E-state index in [0.717, 1.165) is 32.5 Å². The van der Waals surface area contributed by atoms with Gasteiger partial charge in [-0.05, 0) is 19.4 Å². The smallest absolute Gasteiger partial charge is 0.0945 e. The Hall–Kier alpha value is -0.870. The quantitative estimate of drug-likeness (QED) is 0.661. The molecule has 0 amide bonds. The van der Waals surface area contributed by atoms with Crippen LogP contribution in [-0.4, -0.2) is 29.8 Å². The highest BCUT2D eigenvalue weighted by molar-refractivity contribution is 4.96. The minimum absolute atomic E-state index is 0.855. The number of imidazole rings is 1. The molecule has 0 radical (unpaired) electrons. The molecule has 0 aliphatic rings. The summed E-state index contributed by atoms with van der Waals surface area (Å²) in [5, 5.41) is 3.37. The molecule has 80 valence electrons. The number of unbranched alkanes of at least 4 members (excludes halogenated alkanes) is 1. The van der Waals surface area contributed by atoms with Crippen molar-refractivity contribution in [1.82, 2.24) is 14.9 Å². The average molecular weight is 197 g/mol. The third kappa shape index (κ3) is 3.89. The summed E-state index contributed by atoms with van der Waals surface area (Å²) in [5.41, 5.74) is 1.22. The van der Waals surface area contributed by atoms with Gasteiger partial charge in [0.2, 0.25) is 0 Å². The largest absolute Gasteiger partial charge is 0.385 e. The van der Waals surface area contributed by atoms with Gasteiger partial charge in [0.15, 0.2) is 0 Å². The topological polar surface area (TPSA) is 39.1 Å². The lowest BCUT2D eigenvalue weighted by atomic mass is 10.3. The van der Waals surface area contributed by atoms with E-state index < -0.39 is 0 Å². The molecular weight excluding hydrogens is 178 g/mol. The summed E-state index contributed by atoms with van der Waals surface area (Å²) in [6, 6.07) is 0. The molecule has 0 bridgehead atoms. The van der Waals surface area contributed by atoms with Crippen molar-refractivity contribution in [2.24, 2.45) is 7.05 Å². The second kappa shape index (κ2) is 6.56. The van der Waals surface area contributed by atoms with E-state index in [1.807, 2.05) is 24.1 Å². The lowest BCUT2D eigenvalue weighted by Crippen LogP contribution is -2.16. The van der Waals surface area contributed by atoms with Gasteiger partial charge in [-0.3, -0.25) is 0 Å². The molecule has 1 N–H and O–H groups in total. The normalized spacial score (nSPS) is 10.7. The zero-order valence-electron chi connectivity index (χ0n) is 8.99. The molecular formula is C10H19N3O. The van der Waals surface area contributed by atoms with Crippen molar-refractivity contribution in [2.45, 2.75) is 19.4 Å². The first-order valence-electron chi connectivity index (χ1n) is 4.99. The Balaban J connectivity index is 2.02. The molecule has 0 aromatic carbocycles. The summed E-state index contributed by atoms with van der Waals surface area (Å²) < 4.78 is 7.00. The molecule has 0 unspecified atom stereocenters. The van der Waals surface area contributed by atoms with E-state index in [9.17, 15) is 0 Å². The summed E-state index contributed by atoms with van der Waals surface area (Å²) in [7, 11) is 3.75. The van der Waals surface area contributed by atoms with Crippen molar-refractivity contribution < 1.29 is 4.74 Å². The predicted octanol–water partition coefficient (Wildman–Crippen LogP) is 0.936. The van der Waals surface area contributed by atoms with E-state index in [2.05, 4.69) is 10.3 Å². The molecule has 1 rings (SSSR count). The second-order valence-electron chi connectivity index (χ2n) is 3.37. The molecule has 0 saturated carbocycles. The lowest BCUT2D eigenvalue weighted by molar-refractivity contribution is 0.192. The van der Waals surface area contributed by atoms with Crippen LogP contribution >= 0.6 is 0 Å². The van der Waals surface area contributed by atoms with Crippen molar-refractivity contribution in [3.63, 3.8) is 0 Å². The van der Waals surface area contributed by atoms with Crippen molar-refractivity contribution in [2.75, 3.05) is 20.3 Å². The van der Waals surface area contributed by atoms with Gasteiger partial charge in [-0.25, -0.2) is 4.98 Å². The predicted molar refractivity (Wildman–Crippen MR) is 56.0 cm³/mol. The number of aromatic nitrogens is 2. The Morgan fingerprint density at radius 3 is 3.00 bits per heavy atom. The minimum atomic E-state index is 0.855. The van der Waals surface area contributed by atoms with Crippen molar-refractivity contribution in [1.29, 1.82) is 0 Å². The fraction of sp³-hybridized carbons (Fsp3) is 0.700. The van der Waals surface area contributed by atoms with E-state index in [1.54, 1.807) is 7.11 Å². The van der Waals surface area contributed by atoms with Crippen molar-refractivity contribution >= 4 is 0 Å². The maximum Gasteiger partial charge on any atom is 0.0945 e. The molecule has 0 atom stereocenters. The van der Waals surface area contributed by atoms with Crippen LogP contribution in [0.4, 0.5) is 0 Å². The highest BCUT2D eigenvalue weighted by Crippen LogP contribution is 1.95. The molecule has 4 heteroatoms. The summed E-state index contributed by atoms with van der Waals surface area (Å²) in [6.07, 6.45) is 5.99. The fourth-order valence-electron chi connectivity index (χ4n) is 1.27. The Bertz CT molecular complexity index is 247. The number of methoxy groups -OCH3 is 1. The first-order valence-corrected chi connectivity index (χ1v) is 4.99. The Kier molecular flexibility index (Phi) is 5.25. The van der Waals surface area contributed by atoms with Crippen LogP contribution in [0.1, 0.15) is 18.5 Å². The second-order valence-corrected chi connectivity index (χ2v) is 3.37. The monoisotopic (exact) mass is 197 g/mol. The number of aryl methyl sites for hydroxylation is 1. The van der Waals surface area contributed by atoms with Crippen LogP contribution in [-0.2, 0) is 18.3 Å². The minimum Gasteiger partial charge on any atom is -0.385 e. The number of nitrogens with one attached hydrogen (secondary N) is 1. The molecule has 0 saturated heterocycles. The number of rotatable bonds is 7. The molecule has 1 aromatic rings. The molecule has 0 aliphatic heterocycles. The van der Waals surface area contributed by atoms with Crippen LogP contribution < -0.4 is 5.32 Å². The highest BCUT2D eigenvalue weighted by Gasteiger charge is 1.96. The molecule has 0 aliphatic carbocycles. The Morgan fingerprint density at radius 1 is 1.50 bits per heavy atom.